The largest absolute Gasteiger partial charge is 0.497 e. The van der Waals surface area contributed by atoms with Crippen molar-refractivity contribution in [2.24, 2.45) is 17.8 Å². The molecule has 1 aromatic carbocycles. The molecule has 1 aromatic rings. The minimum atomic E-state index is -2.83. The lowest BCUT2D eigenvalue weighted by molar-refractivity contribution is -0.161. The lowest BCUT2D eigenvalue weighted by atomic mass is 9.95. The molecule has 0 aromatic heterocycles. The second-order valence-corrected chi connectivity index (χ2v) is 27.7. The number of carbonyl (C=O) groups is 7. The Kier molecular flexibility index (Phi) is 21.8. The summed E-state index contributed by atoms with van der Waals surface area (Å²) in [5, 5.41) is 8.63. The van der Waals surface area contributed by atoms with E-state index in [0.29, 0.717) is 24.2 Å². The Morgan fingerprint density at radius 3 is 1.91 bits per heavy atom. The van der Waals surface area contributed by atoms with Gasteiger partial charge >= 0.3 is 18.0 Å². The molecule has 3 rings (SSSR count). The number of carbonyl (C=O) groups excluding carboxylic acids is 7. The Morgan fingerprint density at radius 2 is 1.41 bits per heavy atom. The molecule has 396 valence electrons. The molecule has 0 unspecified atom stereocenters. The summed E-state index contributed by atoms with van der Waals surface area (Å²) in [4.78, 5) is 104. The summed E-state index contributed by atoms with van der Waals surface area (Å²) in [5.41, 5.74) is -0.115. The van der Waals surface area contributed by atoms with Gasteiger partial charge in [0.1, 0.15) is 41.6 Å². The van der Waals surface area contributed by atoms with Gasteiger partial charge in [0.25, 0.3) is 5.91 Å². The monoisotopic (exact) mass is 1000 g/mol. The van der Waals surface area contributed by atoms with Gasteiger partial charge in [-0.2, -0.15) is 0 Å². The lowest BCUT2D eigenvalue weighted by Gasteiger charge is -2.46. The average molecular weight is 1000 g/mol. The fraction of sp³-hybridized carbons (Fsp3) is 0.750. The number of hydrogen-bond donors (Lipinski definition) is 3. The number of cyclic esters (lactones) is 2. The van der Waals surface area contributed by atoms with Gasteiger partial charge in [-0.15, -0.1) is 0 Å². The van der Waals surface area contributed by atoms with Crippen LogP contribution < -0.4 is 20.7 Å². The van der Waals surface area contributed by atoms with Gasteiger partial charge in [-0.05, 0) is 99.0 Å². The first-order chi connectivity index (χ1) is 32.4. The third-order valence-electron chi connectivity index (χ3n) is 13.5. The molecule has 2 aliphatic heterocycles. The fourth-order valence-corrected chi connectivity index (χ4v) is 15.6. The summed E-state index contributed by atoms with van der Waals surface area (Å²) >= 11 is 0. The van der Waals surface area contributed by atoms with E-state index in [-0.39, 0.29) is 54.3 Å². The first kappa shape index (κ1) is 59.6. The van der Waals surface area contributed by atoms with Gasteiger partial charge in [0.15, 0.2) is 6.10 Å². The van der Waals surface area contributed by atoms with Crippen LogP contribution >= 0.6 is 0 Å². The number of rotatable bonds is 13. The van der Waals surface area contributed by atoms with Crippen molar-refractivity contribution in [2.45, 2.75) is 214 Å². The van der Waals surface area contributed by atoms with Crippen LogP contribution in [0.2, 0.25) is 16.6 Å². The molecule has 3 N–H and O–H groups in total. The van der Waals surface area contributed by atoms with Crippen molar-refractivity contribution in [1.29, 1.82) is 0 Å². The smallest absolute Gasteiger partial charge is 0.408 e. The van der Waals surface area contributed by atoms with Crippen molar-refractivity contribution in [1.82, 2.24) is 25.8 Å². The second-order valence-electron chi connectivity index (χ2n) is 22.3. The SMILES string of the molecule is COc1ccc(C[C@H]2C(=O)O[C@H](C)[C@H](NC(=O)OC(C)(C)C)C(=O)N[C@H](C(C)C)[C@@H](O[Si](C(C)C)(C(C)C)C(C)C)CC(=O)O[C@@H](C(C)C)C(=O)N[C@@H](CC(C)C)C(=O)N3CCC[C@H]3C(=O)N2C)cc1. The minimum absolute atomic E-state index is 0.0207. The zero-order chi connectivity index (χ0) is 53.2. The van der Waals surface area contributed by atoms with Crippen molar-refractivity contribution in [3.8, 4) is 5.75 Å². The Hall–Kier alpha value is -4.71. The number of likely N-dealkylation sites (N-methyl/N-ethyl adjacent to an activating group) is 1. The highest BCUT2D eigenvalue weighted by molar-refractivity contribution is 6.77. The second kappa shape index (κ2) is 25.6. The predicted molar refractivity (Wildman–Crippen MR) is 270 cm³/mol. The van der Waals surface area contributed by atoms with Crippen LogP contribution in [0.25, 0.3) is 0 Å². The molecule has 0 saturated carbocycles. The fourth-order valence-electron chi connectivity index (χ4n) is 10.0. The van der Waals surface area contributed by atoms with Crippen molar-refractivity contribution in [2.75, 3.05) is 20.7 Å². The quantitative estimate of drug-likeness (QED) is 0.103. The van der Waals surface area contributed by atoms with Gasteiger partial charge in [0.2, 0.25) is 26.0 Å². The number of amides is 5. The van der Waals surface area contributed by atoms with E-state index >= 15 is 0 Å². The third kappa shape index (κ3) is 15.6. The number of nitrogens with one attached hydrogen (secondary N) is 3. The number of alkyl carbamates (subject to hydrolysis) is 1. The van der Waals surface area contributed by atoms with Crippen molar-refractivity contribution in [3.05, 3.63) is 29.8 Å². The topological polar surface area (TPSA) is 208 Å². The van der Waals surface area contributed by atoms with Crippen LogP contribution in [0.4, 0.5) is 4.79 Å². The van der Waals surface area contributed by atoms with Crippen LogP contribution in [-0.2, 0) is 53.8 Å². The summed E-state index contributed by atoms with van der Waals surface area (Å²) in [6.45, 7) is 30.4. The molecule has 5 amide bonds. The zero-order valence-corrected chi connectivity index (χ0v) is 46.4. The molecular formula is C52H87N5O12Si. The number of fused-ring (bicyclic) bond motifs is 1. The first-order valence-corrected chi connectivity index (χ1v) is 27.5. The zero-order valence-electron chi connectivity index (χ0n) is 45.4. The van der Waals surface area contributed by atoms with E-state index < -0.39 is 110 Å². The molecule has 0 aliphatic carbocycles. The number of benzene rings is 1. The Bertz CT molecular complexity index is 1930. The molecular weight excluding hydrogens is 915 g/mol. The lowest BCUT2D eigenvalue weighted by Crippen LogP contribution is -2.61. The normalized spacial score (nSPS) is 25.5. The van der Waals surface area contributed by atoms with E-state index in [0.717, 1.165) is 0 Å². The summed E-state index contributed by atoms with van der Waals surface area (Å²) in [5.74, 6) is -4.43. The molecule has 17 nitrogen and oxygen atoms in total. The molecule has 2 saturated heterocycles. The maximum atomic E-state index is 15.0. The Balaban J connectivity index is 2.35. The Labute approximate surface area is 419 Å². The van der Waals surface area contributed by atoms with Crippen molar-refractivity contribution < 1.29 is 56.9 Å². The third-order valence-corrected chi connectivity index (χ3v) is 19.6. The van der Waals surface area contributed by atoms with Crippen molar-refractivity contribution in [3.63, 3.8) is 0 Å². The maximum absolute atomic E-state index is 15.0. The molecule has 8 atom stereocenters. The van der Waals surface area contributed by atoms with E-state index in [9.17, 15) is 33.6 Å². The average Bonchev–Trinajstić information content (AvgIpc) is 3.74. The molecule has 0 spiro atoms. The number of methoxy groups -OCH3 is 1. The summed E-state index contributed by atoms with van der Waals surface area (Å²) < 4.78 is 30.5. The molecule has 18 heteroatoms. The van der Waals surface area contributed by atoms with E-state index in [1.54, 1.807) is 58.9 Å². The van der Waals surface area contributed by atoms with Gasteiger partial charge in [0.05, 0.1) is 25.7 Å². The van der Waals surface area contributed by atoms with Crippen LogP contribution in [0.5, 0.6) is 5.75 Å². The van der Waals surface area contributed by atoms with Crippen LogP contribution in [0.1, 0.15) is 142 Å². The van der Waals surface area contributed by atoms with Gasteiger partial charge in [-0.3, -0.25) is 24.0 Å². The standard InChI is InChI=1S/C52H87N5O12Si/c1-29(2)26-38-48(61)57-25-19-20-39(57)49(62)56(17)40(27-36-21-23-37(65-18)24-22-36)50(63)66-35(13)44(55-51(64)68-52(14,15)16)46(59)54-43(30(3)4)41(69-70(32(7)8,33(9)10)34(11)12)28-42(58)67-45(31(5)6)47(60)53-38/h21-24,29-35,38-41,43-45H,19-20,25-28H2,1-18H3,(H,53,60)(H,54,59)(H,55,64)/t35-,38+,39+,40+,41+,43-,44+,45+/m1/s1. The molecule has 70 heavy (non-hydrogen) atoms. The highest BCUT2D eigenvalue weighted by Gasteiger charge is 2.50. The van der Waals surface area contributed by atoms with Gasteiger partial charge in [-0.25, -0.2) is 9.59 Å². The number of esters is 2. The maximum Gasteiger partial charge on any atom is 0.408 e. The summed E-state index contributed by atoms with van der Waals surface area (Å²) in [7, 11) is 0.174. The predicted octanol–water partition coefficient (Wildman–Crippen LogP) is 7.08. The molecule has 2 aliphatic rings. The van der Waals surface area contributed by atoms with E-state index in [2.05, 4.69) is 57.5 Å². The highest BCUT2D eigenvalue weighted by atomic mass is 28.4. The molecule has 0 bridgehead atoms. The van der Waals surface area contributed by atoms with E-state index in [1.165, 1.54) is 30.9 Å². The minimum Gasteiger partial charge on any atom is -0.497 e. The van der Waals surface area contributed by atoms with E-state index in [4.69, 9.17) is 23.4 Å². The van der Waals surface area contributed by atoms with Crippen LogP contribution in [0, 0.1) is 17.8 Å². The molecule has 0 radical (unpaired) electrons. The van der Waals surface area contributed by atoms with E-state index in [1.807, 2.05) is 27.7 Å². The molecule has 2 heterocycles. The van der Waals surface area contributed by atoms with Crippen LogP contribution in [-0.4, -0.2) is 135 Å². The summed E-state index contributed by atoms with van der Waals surface area (Å²) in [6, 6.07) is 1.21. The molecule has 2 fully saturated rings. The Morgan fingerprint density at radius 1 is 0.829 bits per heavy atom. The van der Waals surface area contributed by atoms with Gasteiger partial charge in [-0.1, -0.05) is 95.2 Å². The number of nitrogens with zero attached hydrogens (tertiary/aromatic N) is 2. The summed E-state index contributed by atoms with van der Waals surface area (Å²) in [6.07, 6.45) is -3.98. The first-order valence-electron chi connectivity index (χ1n) is 25.3. The van der Waals surface area contributed by atoms with Gasteiger partial charge in [0, 0.05) is 20.0 Å². The number of ether oxygens (including phenoxy) is 4. The highest BCUT2D eigenvalue weighted by Crippen LogP contribution is 2.44. The van der Waals surface area contributed by atoms with Crippen molar-refractivity contribution >= 4 is 50.0 Å². The van der Waals surface area contributed by atoms with Gasteiger partial charge < -0.3 is 49.1 Å². The van der Waals surface area contributed by atoms with Crippen LogP contribution in [0.15, 0.2) is 24.3 Å². The number of hydrogen-bond acceptors (Lipinski definition) is 12. The van der Waals surface area contributed by atoms with Crippen LogP contribution in [0.3, 0.4) is 0 Å².